The van der Waals surface area contributed by atoms with Crippen molar-refractivity contribution in [3.05, 3.63) is 0 Å². The molecule has 4 unspecified atom stereocenters. The third-order valence-electron chi connectivity index (χ3n) is 6.57. The summed E-state index contributed by atoms with van der Waals surface area (Å²) in [5, 5.41) is 0. The van der Waals surface area contributed by atoms with Crippen LogP contribution < -0.4 is 0 Å². The van der Waals surface area contributed by atoms with Crippen LogP contribution in [0.3, 0.4) is 0 Å². The average molecular weight is 362 g/mol. The van der Waals surface area contributed by atoms with Gasteiger partial charge in [0.1, 0.15) is 5.92 Å². The molecule has 2 heterocycles. The highest BCUT2D eigenvalue weighted by molar-refractivity contribution is 6.43. The molecule has 0 bridgehead atoms. The maximum Gasteiger partial charge on any atom is 0.333 e. The van der Waals surface area contributed by atoms with E-state index in [1.54, 1.807) is 13.8 Å². The van der Waals surface area contributed by atoms with Crippen LogP contribution in [0.25, 0.3) is 0 Å². The van der Waals surface area contributed by atoms with Crippen molar-refractivity contribution in [1.29, 1.82) is 0 Å². The summed E-state index contributed by atoms with van der Waals surface area (Å²) < 4.78 is 6.29. The Morgan fingerprint density at radius 2 is 1.62 bits per heavy atom. The molecule has 2 saturated heterocycles. The van der Waals surface area contributed by atoms with Crippen LogP contribution in [0.5, 0.6) is 0 Å². The number of barbiturate groups is 1. The molecule has 0 spiro atoms. The van der Waals surface area contributed by atoms with Crippen molar-refractivity contribution < 1.29 is 19.1 Å². The Bertz CT molecular complexity index is 577. The monoisotopic (exact) mass is 362 g/mol. The van der Waals surface area contributed by atoms with Crippen molar-refractivity contribution in [2.24, 2.45) is 17.3 Å². The molecule has 1 saturated carbocycles. The highest BCUT2D eigenvalue weighted by atomic mass is 16.5. The van der Waals surface area contributed by atoms with Crippen molar-refractivity contribution in [1.82, 2.24) is 9.80 Å². The van der Waals surface area contributed by atoms with Crippen LogP contribution in [0.4, 0.5) is 4.79 Å². The number of urea groups is 1. The number of hydrogen-bond acceptors (Lipinski definition) is 4. The second kappa shape index (κ2) is 6.99. The van der Waals surface area contributed by atoms with Crippen molar-refractivity contribution >= 4 is 25.1 Å². The number of amides is 4. The lowest BCUT2D eigenvalue weighted by atomic mass is 9.52. The van der Waals surface area contributed by atoms with Gasteiger partial charge in [-0.05, 0) is 37.4 Å². The zero-order valence-electron chi connectivity index (χ0n) is 16.7. The van der Waals surface area contributed by atoms with Crippen LogP contribution in [-0.2, 0) is 14.3 Å². The van der Waals surface area contributed by atoms with Gasteiger partial charge in [0.25, 0.3) is 0 Å². The quantitative estimate of drug-likeness (QED) is 0.570. The van der Waals surface area contributed by atoms with E-state index in [9.17, 15) is 14.4 Å². The number of fused-ring (bicyclic) bond motifs is 1. The first-order valence-electron chi connectivity index (χ1n) is 10.0. The fraction of sp³-hybridized carbons (Fsp3) is 0.842. The van der Waals surface area contributed by atoms with Gasteiger partial charge in [-0.3, -0.25) is 19.4 Å². The van der Waals surface area contributed by atoms with Crippen molar-refractivity contribution in [2.45, 2.75) is 71.8 Å². The van der Waals surface area contributed by atoms with Crippen molar-refractivity contribution in [2.75, 3.05) is 13.1 Å². The molecule has 0 aromatic rings. The molecule has 26 heavy (non-hydrogen) atoms. The Balaban J connectivity index is 1.78. The zero-order chi connectivity index (χ0) is 19.2. The molecule has 0 N–H and O–H groups in total. The molecule has 3 aliphatic rings. The van der Waals surface area contributed by atoms with Crippen molar-refractivity contribution in [3.63, 3.8) is 0 Å². The molecule has 0 aromatic heterocycles. The van der Waals surface area contributed by atoms with E-state index in [1.165, 1.54) is 16.2 Å². The summed E-state index contributed by atoms with van der Waals surface area (Å²) in [4.78, 5) is 40.4. The van der Waals surface area contributed by atoms with Gasteiger partial charge in [-0.25, -0.2) is 4.79 Å². The van der Waals surface area contributed by atoms with Crippen LogP contribution >= 0.6 is 0 Å². The van der Waals surface area contributed by atoms with Gasteiger partial charge in [0.15, 0.2) is 7.28 Å². The molecule has 2 aliphatic heterocycles. The molecular weight excluding hydrogens is 331 g/mol. The van der Waals surface area contributed by atoms with Gasteiger partial charge in [-0.1, -0.05) is 33.6 Å². The molecule has 144 valence electrons. The maximum absolute atomic E-state index is 12.8. The van der Waals surface area contributed by atoms with Gasteiger partial charge in [0.05, 0.1) is 6.10 Å². The first kappa shape index (κ1) is 19.4. The lowest BCUT2D eigenvalue weighted by molar-refractivity contribution is -0.154. The molecule has 4 atom stereocenters. The normalized spacial score (nSPS) is 33.5. The number of hydrogen-bond donors (Lipinski definition) is 0. The number of imide groups is 2. The van der Waals surface area contributed by atoms with E-state index in [4.69, 9.17) is 4.74 Å². The third kappa shape index (κ3) is 3.19. The van der Waals surface area contributed by atoms with E-state index >= 15 is 0 Å². The fourth-order valence-corrected chi connectivity index (χ4v) is 4.88. The second-order valence-electron chi connectivity index (χ2n) is 9.01. The van der Waals surface area contributed by atoms with Crippen LogP contribution in [0.1, 0.15) is 53.9 Å². The summed E-state index contributed by atoms with van der Waals surface area (Å²) in [6, 6.07) is -0.899. The summed E-state index contributed by atoms with van der Waals surface area (Å²) in [5.74, 6) is -0.624. The summed E-state index contributed by atoms with van der Waals surface area (Å²) in [6.07, 6.45) is 3.38. The smallest absolute Gasteiger partial charge is 0.333 e. The zero-order valence-corrected chi connectivity index (χ0v) is 16.7. The molecule has 1 aliphatic carbocycles. The Labute approximate surface area is 156 Å². The highest BCUT2D eigenvalue weighted by Crippen LogP contribution is 2.47. The Morgan fingerprint density at radius 1 is 1.04 bits per heavy atom. The molecule has 3 rings (SSSR count). The lowest BCUT2D eigenvalue weighted by Gasteiger charge is -2.39. The first-order valence-corrected chi connectivity index (χ1v) is 10.0. The van der Waals surface area contributed by atoms with E-state index < -0.39 is 18.0 Å². The summed E-state index contributed by atoms with van der Waals surface area (Å²) in [6.45, 7) is 10.9. The van der Waals surface area contributed by atoms with Gasteiger partial charge >= 0.3 is 6.03 Å². The predicted octanol–water partition coefficient (Wildman–Crippen LogP) is 2.23. The summed E-state index contributed by atoms with van der Waals surface area (Å²) in [5.41, 5.74) is 0.243. The van der Waals surface area contributed by atoms with E-state index in [0.29, 0.717) is 11.7 Å². The molecular formula is C19H31BN2O4. The molecule has 0 aromatic carbocycles. The third-order valence-corrected chi connectivity index (χ3v) is 6.57. The minimum atomic E-state index is -0.869. The largest absolute Gasteiger partial charge is 0.383 e. The molecule has 3 fully saturated rings. The molecule has 0 radical (unpaired) electrons. The van der Waals surface area contributed by atoms with Crippen molar-refractivity contribution in [3.8, 4) is 0 Å². The fourth-order valence-electron chi connectivity index (χ4n) is 4.88. The van der Waals surface area contributed by atoms with Crippen LogP contribution in [0.15, 0.2) is 0 Å². The SMILES string of the molecule is CCN1C(=O)C(C2BC3CCC(C(C)(C)C)CC3O2)C(=O)N(CC)C1=O. The second-order valence-corrected chi connectivity index (χ2v) is 9.01. The molecule has 7 heteroatoms. The van der Waals surface area contributed by atoms with Crippen LogP contribution in [0, 0.1) is 17.3 Å². The van der Waals surface area contributed by atoms with E-state index in [-0.39, 0.29) is 36.4 Å². The van der Waals surface area contributed by atoms with Gasteiger partial charge in [0, 0.05) is 19.1 Å². The minimum Gasteiger partial charge on any atom is -0.383 e. The van der Waals surface area contributed by atoms with Gasteiger partial charge < -0.3 is 4.74 Å². The maximum atomic E-state index is 12.8. The molecule has 4 amide bonds. The number of rotatable bonds is 3. The standard InChI is InChI=1S/C19H31BN2O4/c1-6-21-16(23)14(17(24)22(7-2)18(21)25)15-20-12-9-8-11(19(3,4)5)10-13(12)26-15/h11-15,20H,6-10H2,1-5H3. The van der Waals surface area contributed by atoms with Gasteiger partial charge in [-0.15, -0.1) is 0 Å². The van der Waals surface area contributed by atoms with Crippen LogP contribution in [0.2, 0.25) is 5.82 Å². The van der Waals surface area contributed by atoms with E-state index in [2.05, 4.69) is 20.8 Å². The topological polar surface area (TPSA) is 66.9 Å². The number of ether oxygens (including phenoxy) is 1. The number of nitrogens with zero attached hydrogens (tertiary/aromatic N) is 2. The van der Waals surface area contributed by atoms with E-state index in [1.807, 2.05) is 0 Å². The van der Waals surface area contributed by atoms with E-state index in [0.717, 1.165) is 20.1 Å². The lowest BCUT2D eigenvalue weighted by Crippen LogP contribution is -2.62. The van der Waals surface area contributed by atoms with Gasteiger partial charge in [0.2, 0.25) is 11.8 Å². The minimum absolute atomic E-state index is 0.126. The first-order chi connectivity index (χ1) is 12.2. The Morgan fingerprint density at radius 3 is 2.12 bits per heavy atom. The highest BCUT2D eigenvalue weighted by Gasteiger charge is 2.53. The predicted molar refractivity (Wildman–Crippen MR) is 100 cm³/mol. The van der Waals surface area contributed by atoms with Gasteiger partial charge in [-0.2, -0.15) is 0 Å². The summed E-state index contributed by atoms with van der Waals surface area (Å²) in [7, 11) is 0.743. The summed E-state index contributed by atoms with van der Waals surface area (Å²) >= 11 is 0. The molecule has 6 nitrogen and oxygen atoms in total. The average Bonchev–Trinajstić information content (AvgIpc) is 2.97. The Hall–Kier alpha value is -1.37. The van der Waals surface area contributed by atoms with Crippen LogP contribution in [-0.4, -0.2) is 60.1 Å². The number of carbonyl (C=O) groups is 3. The Kier molecular flexibility index (Phi) is 5.21. The number of carbonyl (C=O) groups excluding carboxylic acids is 3.